The predicted octanol–water partition coefficient (Wildman–Crippen LogP) is 2.89. The lowest BCUT2D eigenvalue weighted by Crippen LogP contribution is -2.25. The minimum absolute atomic E-state index is 0.229. The van der Waals surface area contributed by atoms with E-state index in [4.69, 9.17) is 0 Å². The van der Waals surface area contributed by atoms with Gasteiger partial charge in [-0.15, -0.1) is 5.10 Å². The zero-order valence-corrected chi connectivity index (χ0v) is 17.0. The van der Waals surface area contributed by atoms with Gasteiger partial charge < -0.3 is 0 Å². The summed E-state index contributed by atoms with van der Waals surface area (Å²) in [5.41, 5.74) is -1.87. The average Bonchev–Trinajstić information content (AvgIpc) is 3.09. The van der Waals surface area contributed by atoms with Gasteiger partial charge in [-0.1, -0.05) is 19.1 Å². The standard InChI is InChI=1S/C19H13F4N5O3S/c1-2-32(30,31)14-9-12(11-3-5-13(20)6-4-11)10-24-17(14)28-18(29)27-16(26-28)8-7-15(25-27)19(21,22)23/h3-10H,2H2,1H3. The first-order chi connectivity index (χ1) is 15.0. The van der Waals surface area contributed by atoms with Crippen LogP contribution in [0.4, 0.5) is 17.6 Å². The molecule has 1 aromatic carbocycles. The van der Waals surface area contributed by atoms with Gasteiger partial charge in [-0.25, -0.2) is 22.6 Å². The molecule has 13 heteroatoms. The molecule has 0 bridgehead atoms. The van der Waals surface area contributed by atoms with Crippen LogP contribution in [0.25, 0.3) is 22.6 Å². The monoisotopic (exact) mass is 467 g/mol. The third-order valence-electron chi connectivity index (χ3n) is 4.60. The van der Waals surface area contributed by atoms with Crippen LogP contribution in [0.2, 0.25) is 0 Å². The van der Waals surface area contributed by atoms with Crippen molar-refractivity contribution in [3.05, 3.63) is 70.7 Å². The summed E-state index contributed by atoms with van der Waals surface area (Å²) in [5, 5.41) is 7.15. The van der Waals surface area contributed by atoms with Gasteiger partial charge in [-0.2, -0.15) is 27.5 Å². The molecule has 3 heterocycles. The Morgan fingerprint density at radius 2 is 1.69 bits per heavy atom. The Bertz CT molecular complexity index is 1490. The van der Waals surface area contributed by atoms with Crippen molar-refractivity contribution < 1.29 is 26.0 Å². The first-order valence-corrected chi connectivity index (χ1v) is 10.7. The first kappa shape index (κ1) is 21.6. The lowest BCUT2D eigenvalue weighted by Gasteiger charge is -2.10. The van der Waals surface area contributed by atoms with Crippen molar-refractivity contribution in [2.45, 2.75) is 18.0 Å². The number of hydrogen-bond acceptors (Lipinski definition) is 6. The van der Waals surface area contributed by atoms with Gasteiger partial charge in [-0.3, -0.25) is 0 Å². The molecule has 0 aliphatic heterocycles. The van der Waals surface area contributed by atoms with Gasteiger partial charge in [0.05, 0.1) is 5.75 Å². The molecule has 4 aromatic rings. The highest BCUT2D eigenvalue weighted by atomic mass is 32.2. The molecule has 0 amide bonds. The van der Waals surface area contributed by atoms with Crippen molar-refractivity contribution in [3.63, 3.8) is 0 Å². The van der Waals surface area contributed by atoms with Crippen LogP contribution < -0.4 is 5.69 Å². The number of halogens is 4. The molecule has 0 N–H and O–H groups in total. The predicted molar refractivity (Wildman–Crippen MR) is 105 cm³/mol. The highest BCUT2D eigenvalue weighted by Crippen LogP contribution is 2.28. The number of alkyl halides is 3. The molecule has 0 aliphatic rings. The van der Waals surface area contributed by atoms with E-state index in [0.29, 0.717) is 26.4 Å². The maximum Gasteiger partial charge on any atom is 0.435 e. The number of sulfone groups is 1. The molecule has 32 heavy (non-hydrogen) atoms. The Kier molecular flexibility index (Phi) is 5.07. The lowest BCUT2D eigenvalue weighted by molar-refractivity contribution is -0.141. The van der Waals surface area contributed by atoms with Crippen LogP contribution >= 0.6 is 0 Å². The SMILES string of the molecule is CCS(=O)(=O)c1cc(-c2ccc(F)cc2)cnc1-n1nc2ccc(C(F)(F)F)nn2c1=O. The molecule has 0 spiro atoms. The largest absolute Gasteiger partial charge is 0.435 e. The van der Waals surface area contributed by atoms with Crippen molar-refractivity contribution >= 4 is 15.5 Å². The third-order valence-corrected chi connectivity index (χ3v) is 6.33. The molecular formula is C19H13F4N5O3S. The normalized spacial score (nSPS) is 12.4. The molecule has 8 nitrogen and oxygen atoms in total. The highest BCUT2D eigenvalue weighted by molar-refractivity contribution is 7.91. The molecule has 3 aromatic heterocycles. The molecule has 0 saturated heterocycles. The van der Waals surface area contributed by atoms with Gasteiger partial charge in [0.2, 0.25) is 0 Å². The quantitative estimate of drug-likeness (QED) is 0.428. The number of fused-ring (bicyclic) bond motifs is 1. The van der Waals surface area contributed by atoms with E-state index in [-0.39, 0.29) is 22.1 Å². The van der Waals surface area contributed by atoms with Crippen LogP contribution in [-0.2, 0) is 16.0 Å². The van der Waals surface area contributed by atoms with Crippen LogP contribution in [0.5, 0.6) is 0 Å². The van der Waals surface area contributed by atoms with Gasteiger partial charge in [0.15, 0.2) is 27.0 Å². The van der Waals surface area contributed by atoms with Gasteiger partial charge in [-0.05, 0) is 35.9 Å². The number of nitrogens with zero attached hydrogens (tertiary/aromatic N) is 5. The minimum atomic E-state index is -4.79. The van der Waals surface area contributed by atoms with E-state index in [1.165, 1.54) is 43.5 Å². The minimum Gasteiger partial charge on any atom is -0.243 e. The summed E-state index contributed by atoms with van der Waals surface area (Å²) in [7, 11) is -3.95. The Hall–Kier alpha value is -3.61. The van der Waals surface area contributed by atoms with Gasteiger partial charge in [0.25, 0.3) is 0 Å². The van der Waals surface area contributed by atoms with E-state index in [9.17, 15) is 30.8 Å². The van der Waals surface area contributed by atoms with Crippen molar-refractivity contribution in [3.8, 4) is 16.9 Å². The molecule has 0 aliphatic carbocycles. The fourth-order valence-electron chi connectivity index (χ4n) is 2.94. The highest BCUT2D eigenvalue weighted by Gasteiger charge is 2.33. The number of rotatable bonds is 4. The summed E-state index contributed by atoms with van der Waals surface area (Å²) in [4.78, 5) is 16.4. The summed E-state index contributed by atoms with van der Waals surface area (Å²) >= 11 is 0. The Labute approximate surface area is 177 Å². The maximum atomic E-state index is 13.2. The Morgan fingerprint density at radius 1 is 1.00 bits per heavy atom. The van der Waals surface area contributed by atoms with Gasteiger partial charge in [0.1, 0.15) is 10.7 Å². The number of benzene rings is 1. The summed E-state index contributed by atoms with van der Waals surface area (Å²) < 4.78 is 78.5. The zero-order valence-electron chi connectivity index (χ0n) is 16.2. The van der Waals surface area contributed by atoms with Gasteiger partial charge in [0, 0.05) is 11.8 Å². The molecule has 4 rings (SSSR count). The molecule has 0 saturated carbocycles. The second-order valence-electron chi connectivity index (χ2n) is 6.64. The molecule has 0 atom stereocenters. The third kappa shape index (κ3) is 3.75. The van der Waals surface area contributed by atoms with E-state index in [0.717, 1.165) is 6.07 Å². The summed E-state index contributed by atoms with van der Waals surface area (Å²) in [6, 6.07) is 8.07. The van der Waals surface area contributed by atoms with Crippen molar-refractivity contribution in [2.24, 2.45) is 0 Å². The van der Waals surface area contributed by atoms with Crippen LogP contribution in [0.1, 0.15) is 12.6 Å². The molecule has 166 valence electrons. The fraction of sp³-hybridized carbons (Fsp3) is 0.158. The summed E-state index contributed by atoms with van der Waals surface area (Å²) in [6.45, 7) is 1.38. The summed E-state index contributed by atoms with van der Waals surface area (Å²) in [5.74, 6) is -1.21. The lowest BCUT2D eigenvalue weighted by atomic mass is 10.1. The molecule has 0 fully saturated rings. The van der Waals surface area contributed by atoms with Crippen LogP contribution in [-0.4, -0.2) is 38.5 Å². The van der Waals surface area contributed by atoms with Crippen LogP contribution in [0.15, 0.2) is 58.4 Å². The average molecular weight is 467 g/mol. The van der Waals surface area contributed by atoms with Gasteiger partial charge >= 0.3 is 11.9 Å². The number of pyridine rings is 1. The second-order valence-corrected chi connectivity index (χ2v) is 8.88. The fourth-order valence-corrected chi connectivity index (χ4v) is 3.97. The van der Waals surface area contributed by atoms with Crippen LogP contribution in [0.3, 0.4) is 0 Å². The Morgan fingerprint density at radius 3 is 2.31 bits per heavy atom. The topological polar surface area (TPSA) is 99.2 Å². The van der Waals surface area contributed by atoms with E-state index in [1.54, 1.807) is 0 Å². The molecule has 0 radical (unpaired) electrons. The molecular weight excluding hydrogens is 454 g/mol. The van der Waals surface area contributed by atoms with E-state index < -0.39 is 33.2 Å². The Balaban J connectivity index is 1.95. The smallest absolute Gasteiger partial charge is 0.243 e. The number of hydrogen-bond donors (Lipinski definition) is 0. The maximum absolute atomic E-state index is 13.2. The zero-order chi connectivity index (χ0) is 23.3. The summed E-state index contributed by atoms with van der Waals surface area (Å²) in [6.07, 6.45) is -3.54. The van der Waals surface area contributed by atoms with E-state index in [2.05, 4.69) is 15.2 Å². The number of aromatic nitrogens is 5. The van der Waals surface area contributed by atoms with Crippen molar-refractivity contribution in [2.75, 3.05) is 5.75 Å². The van der Waals surface area contributed by atoms with E-state index in [1.807, 2.05) is 0 Å². The second kappa shape index (κ2) is 7.51. The first-order valence-electron chi connectivity index (χ1n) is 9.06. The van der Waals surface area contributed by atoms with Crippen LogP contribution in [0, 0.1) is 5.82 Å². The molecule has 0 unspecified atom stereocenters. The van der Waals surface area contributed by atoms with Crippen molar-refractivity contribution in [1.29, 1.82) is 0 Å². The van der Waals surface area contributed by atoms with Crippen molar-refractivity contribution in [1.82, 2.24) is 24.4 Å². The van der Waals surface area contributed by atoms with E-state index >= 15 is 0 Å².